The van der Waals surface area contributed by atoms with E-state index in [4.69, 9.17) is 13.6 Å². The summed E-state index contributed by atoms with van der Waals surface area (Å²) >= 11 is 0. The number of ether oxygens (including phenoxy) is 1. The number of rotatable bonds is 5. The van der Waals surface area contributed by atoms with Gasteiger partial charge in [0.15, 0.2) is 12.4 Å². The van der Waals surface area contributed by atoms with Crippen LogP contribution in [0.4, 0.5) is 0 Å². The number of nitrogens with zero attached hydrogens (tertiary/aromatic N) is 2. The SMILES string of the molecule is c1ccc(-c2ccc(OCc3nnc(-c4ccco4)o3)cc2)cc1. The van der Waals surface area contributed by atoms with Crippen molar-refractivity contribution in [1.29, 1.82) is 0 Å². The molecule has 2 aromatic carbocycles. The molecule has 2 heterocycles. The fraction of sp³-hybridized carbons (Fsp3) is 0.0526. The van der Waals surface area contributed by atoms with E-state index >= 15 is 0 Å². The number of benzene rings is 2. The van der Waals surface area contributed by atoms with Crippen LogP contribution in [0.15, 0.2) is 81.8 Å². The molecule has 0 aliphatic carbocycles. The lowest BCUT2D eigenvalue weighted by molar-refractivity contribution is 0.264. The van der Waals surface area contributed by atoms with Crippen LogP contribution in [-0.4, -0.2) is 10.2 Å². The van der Waals surface area contributed by atoms with Gasteiger partial charge in [-0.05, 0) is 35.4 Å². The first-order valence-corrected chi connectivity index (χ1v) is 7.53. The van der Waals surface area contributed by atoms with Crippen LogP contribution < -0.4 is 4.74 Å². The largest absolute Gasteiger partial charge is 0.484 e. The second kappa shape index (κ2) is 6.42. The molecule has 0 bridgehead atoms. The van der Waals surface area contributed by atoms with Crippen LogP contribution in [0.3, 0.4) is 0 Å². The van der Waals surface area contributed by atoms with Crippen molar-refractivity contribution in [3.63, 3.8) is 0 Å². The molecule has 4 aromatic rings. The zero-order valence-corrected chi connectivity index (χ0v) is 12.8. The van der Waals surface area contributed by atoms with Crippen molar-refractivity contribution in [2.24, 2.45) is 0 Å². The van der Waals surface area contributed by atoms with Gasteiger partial charge in [0.2, 0.25) is 0 Å². The predicted molar refractivity (Wildman–Crippen MR) is 88.2 cm³/mol. The van der Waals surface area contributed by atoms with E-state index in [1.54, 1.807) is 18.4 Å². The summed E-state index contributed by atoms with van der Waals surface area (Å²) in [7, 11) is 0. The molecule has 4 rings (SSSR count). The molecule has 0 amide bonds. The fourth-order valence-electron chi connectivity index (χ4n) is 2.33. The Morgan fingerprint density at radius 2 is 1.58 bits per heavy atom. The van der Waals surface area contributed by atoms with Crippen LogP contribution in [0.1, 0.15) is 5.89 Å². The quantitative estimate of drug-likeness (QED) is 0.539. The molecule has 2 aromatic heterocycles. The van der Waals surface area contributed by atoms with Crippen LogP contribution in [0.2, 0.25) is 0 Å². The van der Waals surface area contributed by atoms with E-state index in [0.717, 1.165) is 11.3 Å². The highest BCUT2D eigenvalue weighted by Gasteiger charge is 2.11. The molecule has 5 nitrogen and oxygen atoms in total. The highest BCUT2D eigenvalue weighted by molar-refractivity contribution is 5.63. The molecular formula is C19H14N2O3. The smallest absolute Gasteiger partial charge is 0.283 e. The molecule has 0 fully saturated rings. The molecule has 0 atom stereocenters. The Balaban J connectivity index is 1.41. The average Bonchev–Trinajstić information content (AvgIpc) is 3.33. The van der Waals surface area contributed by atoms with Gasteiger partial charge in [-0.3, -0.25) is 0 Å². The van der Waals surface area contributed by atoms with Gasteiger partial charge in [-0.2, -0.15) is 0 Å². The zero-order valence-electron chi connectivity index (χ0n) is 12.8. The molecule has 0 spiro atoms. The third-order valence-electron chi connectivity index (χ3n) is 3.52. The summed E-state index contributed by atoms with van der Waals surface area (Å²) in [6, 6.07) is 21.6. The first-order valence-electron chi connectivity index (χ1n) is 7.53. The second-order valence-electron chi connectivity index (χ2n) is 5.16. The maximum atomic E-state index is 5.69. The third kappa shape index (κ3) is 3.05. The summed E-state index contributed by atoms with van der Waals surface area (Å²) in [5.41, 5.74) is 2.31. The molecule has 118 valence electrons. The minimum absolute atomic E-state index is 0.207. The molecule has 0 saturated heterocycles. The Bertz CT molecular complexity index is 897. The minimum atomic E-state index is 0.207. The van der Waals surface area contributed by atoms with Gasteiger partial charge >= 0.3 is 0 Å². The third-order valence-corrected chi connectivity index (χ3v) is 3.52. The van der Waals surface area contributed by atoms with E-state index in [1.165, 1.54) is 5.56 Å². The van der Waals surface area contributed by atoms with Crippen molar-refractivity contribution in [2.75, 3.05) is 0 Å². The van der Waals surface area contributed by atoms with Crippen LogP contribution in [0, 0.1) is 0 Å². The lowest BCUT2D eigenvalue weighted by Crippen LogP contribution is -1.95. The average molecular weight is 318 g/mol. The Morgan fingerprint density at radius 3 is 2.33 bits per heavy atom. The Kier molecular flexibility index (Phi) is 3.81. The monoisotopic (exact) mass is 318 g/mol. The van der Waals surface area contributed by atoms with Crippen molar-refractivity contribution >= 4 is 0 Å². The van der Waals surface area contributed by atoms with Crippen molar-refractivity contribution in [3.05, 3.63) is 78.9 Å². The lowest BCUT2D eigenvalue weighted by Gasteiger charge is -2.05. The molecule has 0 aliphatic heterocycles. The van der Waals surface area contributed by atoms with E-state index in [-0.39, 0.29) is 6.61 Å². The van der Waals surface area contributed by atoms with Gasteiger partial charge in [0.25, 0.3) is 11.8 Å². The zero-order chi connectivity index (χ0) is 16.2. The van der Waals surface area contributed by atoms with Crippen LogP contribution >= 0.6 is 0 Å². The van der Waals surface area contributed by atoms with E-state index in [2.05, 4.69) is 22.3 Å². The molecule has 0 aliphatic rings. The van der Waals surface area contributed by atoms with Crippen LogP contribution in [-0.2, 0) is 6.61 Å². The first kappa shape index (κ1) is 14.3. The van der Waals surface area contributed by atoms with E-state index in [1.807, 2.05) is 42.5 Å². The highest BCUT2D eigenvalue weighted by atomic mass is 16.5. The van der Waals surface area contributed by atoms with Crippen LogP contribution in [0.5, 0.6) is 5.75 Å². The van der Waals surface area contributed by atoms with Crippen molar-refractivity contribution in [1.82, 2.24) is 10.2 Å². The topological polar surface area (TPSA) is 61.3 Å². The summed E-state index contributed by atoms with van der Waals surface area (Å²) in [5, 5.41) is 7.89. The van der Waals surface area contributed by atoms with Gasteiger partial charge in [-0.15, -0.1) is 10.2 Å². The van der Waals surface area contributed by atoms with Gasteiger partial charge in [0.1, 0.15) is 5.75 Å². The molecule has 0 saturated carbocycles. The number of furan rings is 1. The van der Waals surface area contributed by atoms with Gasteiger partial charge in [0.05, 0.1) is 6.26 Å². The highest BCUT2D eigenvalue weighted by Crippen LogP contribution is 2.23. The Hall–Kier alpha value is -3.34. The molecule has 5 heteroatoms. The van der Waals surface area contributed by atoms with Crippen LogP contribution in [0.25, 0.3) is 22.8 Å². The summed E-state index contributed by atoms with van der Waals surface area (Å²) in [6.07, 6.45) is 1.56. The van der Waals surface area contributed by atoms with Crippen molar-refractivity contribution in [3.8, 4) is 28.5 Å². The summed E-state index contributed by atoms with van der Waals surface area (Å²) in [5.74, 6) is 2.03. The standard InChI is InChI=1S/C19H14N2O3/c1-2-5-14(6-3-1)15-8-10-16(11-9-15)23-13-18-20-21-19(24-18)17-7-4-12-22-17/h1-12H,13H2. The van der Waals surface area contributed by atoms with Gasteiger partial charge in [-0.1, -0.05) is 42.5 Å². The molecular weight excluding hydrogens is 304 g/mol. The number of hydrogen-bond acceptors (Lipinski definition) is 5. The second-order valence-corrected chi connectivity index (χ2v) is 5.16. The number of hydrogen-bond donors (Lipinski definition) is 0. The predicted octanol–water partition coefficient (Wildman–Crippen LogP) is 4.58. The van der Waals surface area contributed by atoms with E-state index in [9.17, 15) is 0 Å². The van der Waals surface area contributed by atoms with E-state index < -0.39 is 0 Å². The summed E-state index contributed by atoms with van der Waals surface area (Å²) in [6.45, 7) is 0.207. The normalized spacial score (nSPS) is 10.7. The minimum Gasteiger partial charge on any atom is -0.484 e. The fourth-order valence-corrected chi connectivity index (χ4v) is 2.33. The molecule has 0 unspecified atom stereocenters. The Labute approximate surface area is 138 Å². The van der Waals surface area contributed by atoms with Crippen molar-refractivity contribution < 1.29 is 13.6 Å². The summed E-state index contributed by atoms with van der Waals surface area (Å²) < 4.78 is 16.4. The lowest BCUT2D eigenvalue weighted by atomic mass is 10.1. The maximum absolute atomic E-state index is 5.69. The van der Waals surface area contributed by atoms with Gasteiger partial charge in [0, 0.05) is 0 Å². The van der Waals surface area contributed by atoms with Crippen molar-refractivity contribution in [2.45, 2.75) is 6.61 Å². The Morgan fingerprint density at radius 1 is 0.792 bits per heavy atom. The maximum Gasteiger partial charge on any atom is 0.283 e. The molecule has 0 radical (unpaired) electrons. The first-order chi connectivity index (χ1) is 11.9. The summed E-state index contributed by atoms with van der Waals surface area (Å²) in [4.78, 5) is 0. The molecule has 0 N–H and O–H groups in total. The van der Waals surface area contributed by atoms with Gasteiger partial charge < -0.3 is 13.6 Å². The van der Waals surface area contributed by atoms with E-state index in [0.29, 0.717) is 17.5 Å². The number of aromatic nitrogens is 2. The van der Waals surface area contributed by atoms with Gasteiger partial charge in [-0.25, -0.2) is 0 Å². The molecule has 24 heavy (non-hydrogen) atoms.